The number of fused-ring (bicyclic) bond motifs is 2. The Balaban J connectivity index is 1.40. The number of amides is 7. The number of rotatable bonds is 33. The van der Waals surface area contributed by atoms with Crippen LogP contribution in [0.25, 0.3) is 21.8 Å². The highest BCUT2D eigenvalue weighted by atomic mass is 32.1. The van der Waals surface area contributed by atoms with E-state index in [4.69, 9.17) is 10.5 Å². The molecule has 0 spiro atoms. The maximum Gasteiger partial charge on any atom is 0.305 e. The molecule has 2 aromatic carbocycles. The Bertz CT molecular complexity index is 2680. The second-order valence-corrected chi connectivity index (χ2v) is 18.3. The number of ether oxygens (including phenoxy) is 1. The number of aliphatic carboxylic acids is 1. The number of carbonyl (C=O) groups excluding carboxylic acids is 7. The van der Waals surface area contributed by atoms with E-state index in [0.717, 1.165) is 42.7 Å². The molecule has 0 saturated heterocycles. The van der Waals surface area contributed by atoms with E-state index in [1.165, 1.54) is 39.0 Å². The zero-order valence-electron chi connectivity index (χ0n) is 42.7. The Morgan fingerprint density at radius 1 is 0.667 bits per heavy atom. The third-order valence-corrected chi connectivity index (χ3v) is 12.6. The molecule has 5 rings (SSSR count). The number of likely N-dealkylation sites (N-methyl/N-ethyl adjacent to an activating group) is 1. The van der Waals surface area contributed by atoms with Crippen molar-refractivity contribution in [3.05, 3.63) is 102 Å². The molecule has 5 aromatic rings. The summed E-state index contributed by atoms with van der Waals surface area (Å²) in [5.41, 5.74) is 10.2. The van der Waals surface area contributed by atoms with Gasteiger partial charge in [-0.25, -0.2) is 0 Å². The predicted molar refractivity (Wildman–Crippen MR) is 285 cm³/mol. The SMILES string of the molecule is COCCNCC(=O)N(CCc1c[nH]c2ccccc12)CC(=O)N(CCc1c[nH]c2ccccc12)CC(=O)N(CCCN)CC(=O)N(CC(=O)N(CCC(=O)O)CC(=O)N(C)CC(=O)NCCS)Cc1cccnc1. The van der Waals surface area contributed by atoms with Crippen molar-refractivity contribution in [3.8, 4) is 0 Å². The van der Waals surface area contributed by atoms with Gasteiger partial charge in [0.1, 0.15) is 6.54 Å². The molecule has 22 nitrogen and oxygen atoms in total. The standard InChI is InChI=1S/C52H70N12O10S/c1-59(32-45(65)56-20-26-75)47(67)33-63(24-16-52(72)73)50(70)37-64(31-38-9-7-18-54-27-38)51(71)36-60(21-8-17-53)48(68)35-62(23-15-40-29-58-44-13-6-4-11-42(40)44)49(69)34-61(46(66)30-55-19-25-74-2)22-14-39-28-57-43-12-5-3-10-41(39)43/h3-7,9-13,18,27-29,55,57-58,75H,8,14-17,19-26,30-37,53H2,1-2H3,(H,56,65)(H,72,73). The van der Waals surface area contributed by atoms with E-state index in [-0.39, 0.29) is 77.8 Å². The molecule has 7 amide bonds. The van der Waals surface area contributed by atoms with Crippen LogP contribution in [0, 0.1) is 0 Å². The number of hydrogen-bond donors (Lipinski definition) is 7. The number of hydrogen-bond acceptors (Lipinski definition) is 13. The van der Waals surface area contributed by atoms with E-state index in [0.29, 0.717) is 37.3 Å². The molecule has 0 unspecified atom stereocenters. The molecule has 3 heterocycles. The fourth-order valence-electron chi connectivity index (χ4n) is 8.19. The van der Waals surface area contributed by atoms with Crippen molar-refractivity contribution in [2.75, 3.05) is 118 Å². The molecular weight excluding hydrogens is 985 g/mol. The van der Waals surface area contributed by atoms with Crippen LogP contribution in [0.4, 0.5) is 0 Å². The fourth-order valence-corrected chi connectivity index (χ4v) is 8.30. The highest BCUT2D eigenvalue weighted by molar-refractivity contribution is 7.80. The Labute approximate surface area is 441 Å². The highest BCUT2D eigenvalue weighted by Gasteiger charge is 2.30. The number of nitrogens with one attached hydrogen (secondary N) is 4. The van der Waals surface area contributed by atoms with Gasteiger partial charge in [-0.15, -0.1) is 0 Å². The van der Waals surface area contributed by atoms with Crippen LogP contribution in [0.15, 0.2) is 85.5 Å². The van der Waals surface area contributed by atoms with E-state index in [9.17, 15) is 43.5 Å². The number of aromatic amines is 2. The van der Waals surface area contributed by atoms with Crippen LogP contribution in [0.3, 0.4) is 0 Å². The van der Waals surface area contributed by atoms with E-state index in [2.05, 4.69) is 38.2 Å². The quantitative estimate of drug-likeness (QED) is 0.0226. The van der Waals surface area contributed by atoms with Crippen molar-refractivity contribution < 1.29 is 48.2 Å². The van der Waals surface area contributed by atoms with Gasteiger partial charge in [0.25, 0.3) is 0 Å². The lowest BCUT2D eigenvalue weighted by Gasteiger charge is -2.32. The monoisotopic (exact) mass is 1050 g/mol. The zero-order chi connectivity index (χ0) is 54.1. The summed E-state index contributed by atoms with van der Waals surface area (Å²) in [5.74, 6) is -4.81. The van der Waals surface area contributed by atoms with Gasteiger partial charge in [-0.1, -0.05) is 42.5 Å². The summed E-state index contributed by atoms with van der Waals surface area (Å²) in [6, 6.07) is 18.8. The average molecular weight is 1060 g/mol. The van der Waals surface area contributed by atoms with Crippen molar-refractivity contribution in [1.82, 2.24) is 55.0 Å². The first-order valence-electron chi connectivity index (χ1n) is 24.8. The molecule has 0 atom stereocenters. The number of methoxy groups -OCH3 is 1. The smallest absolute Gasteiger partial charge is 0.305 e. The molecule has 0 aliphatic heterocycles. The third kappa shape index (κ3) is 18.8. The van der Waals surface area contributed by atoms with Gasteiger partial charge in [0.2, 0.25) is 41.4 Å². The Morgan fingerprint density at radius 3 is 1.75 bits per heavy atom. The van der Waals surface area contributed by atoms with Gasteiger partial charge in [-0.3, -0.25) is 43.3 Å². The van der Waals surface area contributed by atoms with E-state index >= 15 is 0 Å². The lowest BCUT2D eigenvalue weighted by atomic mass is 10.1. The summed E-state index contributed by atoms with van der Waals surface area (Å²) in [7, 11) is 2.93. The number of carbonyl (C=O) groups is 8. The molecule has 0 radical (unpaired) electrons. The summed E-state index contributed by atoms with van der Waals surface area (Å²) < 4.78 is 5.14. The fraction of sp³-hybridized carbons (Fsp3) is 0.442. The minimum Gasteiger partial charge on any atom is -0.481 e. The first-order valence-corrected chi connectivity index (χ1v) is 25.4. The lowest BCUT2D eigenvalue weighted by Crippen LogP contribution is -2.52. The van der Waals surface area contributed by atoms with Crippen molar-refractivity contribution >= 4 is 81.8 Å². The molecule has 0 aliphatic rings. The summed E-state index contributed by atoms with van der Waals surface area (Å²) in [5, 5.41) is 17.2. The number of carboxylic acid groups (broad SMARTS) is 1. The summed E-state index contributed by atoms with van der Waals surface area (Å²) in [6.45, 7) is -2.02. The first-order chi connectivity index (χ1) is 36.2. The van der Waals surface area contributed by atoms with Crippen molar-refractivity contribution in [2.45, 2.75) is 32.2 Å². The van der Waals surface area contributed by atoms with Crippen LogP contribution >= 0.6 is 12.6 Å². The molecule has 0 bridgehead atoms. The summed E-state index contributed by atoms with van der Waals surface area (Å²) in [6.07, 6.45) is 7.31. The second-order valence-electron chi connectivity index (χ2n) is 17.9. The molecule has 3 aromatic heterocycles. The summed E-state index contributed by atoms with van der Waals surface area (Å²) in [4.78, 5) is 127. The van der Waals surface area contributed by atoms with Crippen LogP contribution in [0.1, 0.15) is 29.5 Å². The highest BCUT2D eigenvalue weighted by Crippen LogP contribution is 2.20. The summed E-state index contributed by atoms with van der Waals surface area (Å²) >= 11 is 4.07. The molecule has 23 heteroatoms. The number of thiol groups is 1. The zero-order valence-corrected chi connectivity index (χ0v) is 43.6. The number of nitrogens with zero attached hydrogens (tertiary/aromatic N) is 7. The second kappa shape index (κ2) is 30.8. The van der Waals surface area contributed by atoms with Crippen LogP contribution in [-0.2, 0) is 62.5 Å². The van der Waals surface area contributed by atoms with Gasteiger partial charge < -0.3 is 65.6 Å². The number of H-pyrrole nitrogens is 2. The van der Waals surface area contributed by atoms with E-state index in [1.54, 1.807) is 19.2 Å². The molecule has 0 saturated carbocycles. The third-order valence-electron chi connectivity index (χ3n) is 12.4. The number of benzene rings is 2. The minimum atomic E-state index is -1.23. The predicted octanol–water partition coefficient (Wildman–Crippen LogP) is 0.737. The van der Waals surface area contributed by atoms with Gasteiger partial charge in [-0.05, 0) is 60.7 Å². The van der Waals surface area contributed by atoms with Crippen LogP contribution in [0.2, 0.25) is 0 Å². The Morgan fingerprint density at radius 2 is 1.20 bits per heavy atom. The largest absolute Gasteiger partial charge is 0.481 e. The number of para-hydroxylation sites is 2. The van der Waals surface area contributed by atoms with E-state index in [1.807, 2.05) is 60.9 Å². The number of nitrogens with two attached hydrogens (primary N) is 1. The van der Waals surface area contributed by atoms with Crippen molar-refractivity contribution in [2.24, 2.45) is 5.73 Å². The number of pyridine rings is 1. The van der Waals surface area contributed by atoms with Gasteiger partial charge in [-0.2, -0.15) is 12.6 Å². The van der Waals surface area contributed by atoms with Gasteiger partial charge in [0.15, 0.2) is 0 Å². The average Bonchev–Trinajstić information content (AvgIpc) is 4.03. The maximum absolute atomic E-state index is 14.7. The molecule has 0 fully saturated rings. The molecule has 7 N–H and O–H groups in total. The first kappa shape index (κ1) is 58.5. The Hall–Kier alpha value is -7.34. The topological polar surface area (TPSA) is 280 Å². The van der Waals surface area contributed by atoms with Gasteiger partial charge in [0.05, 0.1) is 52.3 Å². The minimum absolute atomic E-state index is 0.00967. The van der Waals surface area contributed by atoms with Crippen LogP contribution in [0.5, 0.6) is 0 Å². The number of aromatic nitrogens is 3. The number of carboxylic acids is 1. The molecule has 75 heavy (non-hydrogen) atoms. The van der Waals surface area contributed by atoms with Gasteiger partial charge in [0, 0.05) is 112 Å². The molecule has 0 aliphatic carbocycles. The molecule has 404 valence electrons. The van der Waals surface area contributed by atoms with Gasteiger partial charge >= 0.3 is 5.97 Å². The van der Waals surface area contributed by atoms with Crippen molar-refractivity contribution in [3.63, 3.8) is 0 Å². The normalized spacial score (nSPS) is 11.0. The van der Waals surface area contributed by atoms with Crippen LogP contribution < -0.4 is 16.4 Å². The van der Waals surface area contributed by atoms with Crippen LogP contribution in [-0.4, -0.2) is 215 Å². The molecular formula is C52H70N12O10S. The van der Waals surface area contributed by atoms with Crippen molar-refractivity contribution in [1.29, 1.82) is 0 Å². The van der Waals surface area contributed by atoms with E-state index < -0.39 is 74.0 Å². The maximum atomic E-state index is 14.7. The lowest BCUT2D eigenvalue weighted by molar-refractivity contribution is -0.148. The Kier molecular flexibility index (Phi) is 24.0.